The molecule has 0 spiro atoms. The number of nitrogens with zero attached hydrogens (tertiary/aromatic N) is 3. The lowest BCUT2D eigenvalue weighted by Crippen LogP contribution is -2.25. The molecule has 5 heteroatoms. The van der Waals surface area contributed by atoms with Gasteiger partial charge in [0.1, 0.15) is 12.3 Å². The largest absolute Gasteiger partial charge is 0.471 e. The van der Waals surface area contributed by atoms with Gasteiger partial charge < -0.3 is 9.64 Å². The minimum absolute atomic E-state index is 0.565. The van der Waals surface area contributed by atoms with Crippen LogP contribution in [0.1, 0.15) is 25.5 Å². The molecule has 0 amide bonds. The number of ether oxygens (including phenoxy) is 1. The highest BCUT2D eigenvalue weighted by molar-refractivity contribution is 6.99. The van der Waals surface area contributed by atoms with Crippen LogP contribution in [0.5, 0.6) is 5.88 Å². The van der Waals surface area contributed by atoms with Crippen molar-refractivity contribution in [2.75, 3.05) is 26.7 Å². The van der Waals surface area contributed by atoms with Gasteiger partial charge in [0.2, 0.25) is 0 Å². The second-order valence-corrected chi connectivity index (χ2v) is 4.89. The van der Waals surface area contributed by atoms with Gasteiger partial charge in [-0.3, -0.25) is 0 Å². The zero-order valence-corrected chi connectivity index (χ0v) is 11.7. The van der Waals surface area contributed by atoms with Gasteiger partial charge >= 0.3 is 0 Å². The van der Waals surface area contributed by atoms with Crippen molar-refractivity contribution in [2.45, 2.75) is 19.8 Å². The van der Waals surface area contributed by atoms with Crippen LogP contribution in [0.25, 0.3) is 5.57 Å². The summed E-state index contributed by atoms with van der Waals surface area (Å²) in [5, 5.41) is 0. The third-order valence-electron chi connectivity index (χ3n) is 2.82. The topological polar surface area (TPSA) is 38.3 Å². The van der Waals surface area contributed by atoms with Crippen LogP contribution in [0.2, 0.25) is 0 Å². The molecule has 1 aromatic heterocycles. The molecule has 4 nitrogen and oxygen atoms in total. The molecule has 2 rings (SSSR count). The predicted octanol–water partition coefficient (Wildman–Crippen LogP) is 2.60. The van der Waals surface area contributed by atoms with Crippen LogP contribution in [-0.4, -0.2) is 40.4 Å². The zero-order chi connectivity index (χ0) is 12.8. The minimum atomic E-state index is 0.565. The summed E-state index contributed by atoms with van der Waals surface area (Å²) >= 11 is 1.22. The molecule has 0 unspecified atom stereocenters. The van der Waals surface area contributed by atoms with Gasteiger partial charge in [0.05, 0.1) is 11.7 Å². The quantitative estimate of drug-likeness (QED) is 0.767. The molecule has 2 heterocycles. The molecule has 0 atom stereocenters. The van der Waals surface area contributed by atoms with Crippen molar-refractivity contribution in [2.24, 2.45) is 0 Å². The second-order valence-electron chi connectivity index (χ2n) is 4.36. The van der Waals surface area contributed by atoms with E-state index in [4.69, 9.17) is 4.74 Å². The van der Waals surface area contributed by atoms with Crippen LogP contribution in [0, 0.1) is 0 Å². The van der Waals surface area contributed by atoms with Crippen LogP contribution in [0.4, 0.5) is 0 Å². The molecule has 1 aliphatic heterocycles. The van der Waals surface area contributed by atoms with Crippen molar-refractivity contribution in [3.8, 4) is 5.88 Å². The van der Waals surface area contributed by atoms with E-state index in [9.17, 15) is 0 Å². The third-order valence-corrected chi connectivity index (χ3v) is 3.33. The molecule has 0 saturated heterocycles. The summed E-state index contributed by atoms with van der Waals surface area (Å²) < 4.78 is 14.2. The summed E-state index contributed by atoms with van der Waals surface area (Å²) in [4.78, 5) is 2.29. The fourth-order valence-corrected chi connectivity index (χ4v) is 2.43. The van der Waals surface area contributed by atoms with E-state index in [0.29, 0.717) is 12.5 Å². The van der Waals surface area contributed by atoms with Gasteiger partial charge in [-0.25, -0.2) is 0 Å². The van der Waals surface area contributed by atoms with Crippen molar-refractivity contribution in [1.82, 2.24) is 13.6 Å². The number of hydrogen-bond acceptors (Lipinski definition) is 5. The first kappa shape index (κ1) is 13.2. The van der Waals surface area contributed by atoms with E-state index in [0.717, 1.165) is 31.6 Å². The van der Waals surface area contributed by atoms with Crippen LogP contribution in [0.3, 0.4) is 0 Å². The number of hydrogen-bond donors (Lipinski definition) is 0. The highest BCUT2D eigenvalue weighted by atomic mass is 32.1. The van der Waals surface area contributed by atoms with Gasteiger partial charge in [0, 0.05) is 13.1 Å². The zero-order valence-electron chi connectivity index (χ0n) is 10.9. The van der Waals surface area contributed by atoms with Gasteiger partial charge in [-0.2, -0.15) is 4.37 Å². The Morgan fingerprint density at radius 2 is 2.33 bits per heavy atom. The smallest absolute Gasteiger partial charge is 0.253 e. The van der Waals surface area contributed by atoms with E-state index in [1.54, 1.807) is 0 Å². The number of rotatable bonds is 5. The van der Waals surface area contributed by atoms with Crippen LogP contribution < -0.4 is 4.74 Å². The number of allylic oxidation sites excluding steroid dienone is 1. The summed E-state index contributed by atoms with van der Waals surface area (Å²) in [6.07, 6.45) is 8.45. The standard InChI is InChI=1S/C13H19N3OS/c1-3-4-5-9-17-13-12(14-18-15-13)11-7-6-8-16(2)10-11/h4-5,7H,3,6,8-10H2,1-2H3. The van der Waals surface area contributed by atoms with Crippen molar-refractivity contribution in [3.05, 3.63) is 23.9 Å². The van der Waals surface area contributed by atoms with E-state index < -0.39 is 0 Å². The van der Waals surface area contributed by atoms with Crippen LogP contribution >= 0.6 is 11.7 Å². The fourth-order valence-electron chi connectivity index (χ4n) is 1.90. The molecule has 0 N–H and O–H groups in total. The molecule has 18 heavy (non-hydrogen) atoms. The van der Waals surface area contributed by atoms with Crippen molar-refractivity contribution >= 4 is 17.3 Å². The monoisotopic (exact) mass is 265 g/mol. The molecule has 0 bridgehead atoms. The molecule has 0 fully saturated rings. The molecule has 0 radical (unpaired) electrons. The maximum atomic E-state index is 5.66. The van der Waals surface area contributed by atoms with Gasteiger partial charge in [-0.1, -0.05) is 25.2 Å². The molecule has 0 saturated carbocycles. The number of likely N-dealkylation sites (N-methyl/N-ethyl adjacent to an activating group) is 1. The van der Waals surface area contributed by atoms with Crippen molar-refractivity contribution < 1.29 is 4.74 Å². The summed E-state index contributed by atoms with van der Waals surface area (Å²) in [5.74, 6) is 0.669. The number of aromatic nitrogens is 2. The lowest BCUT2D eigenvalue weighted by molar-refractivity contribution is 0.346. The molecule has 98 valence electrons. The Hall–Kier alpha value is -1.20. The Kier molecular flexibility index (Phi) is 4.90. The molecule has 0 aromatic carbocycles. The Bertz CT molecular complexity index is 439. The highest BCUT2D eigenvalue weighted by Crippen LogP contribution is 2.26. The van der Waals surface area contributed by atoms with Gasteiger partial charge in [0.25, 0.3) is 5.88 Å². The minimum Gasteiger partial charge on any atom is -0.471 e. The molecular formula is C13H19N3OS. The van der Waals surface area contributed by atoms with Crippen molar-refractivity contribution in [3.63, 3.8) is 0 Å². The van der Waals surface area contributed by atoms with Gasteiger partial charge in [-0.15, -0.1) is 4.37 Å². The van der Waals surface area contributed by atoms with E-state index in [-0.39, 0.29) is 0 Å². The summed E-state index contributed by atoms with van der Waals surface area (Å²) in [5.41, 5.74) is 2.14. The third kappa shape index (κ3) is 3.40. The summed E-state index contributed by atoms with van der Waals surface area (Å²) in [6, 6.07) is 0. The Labute approximate surface area is 112 Å². The first-order valence-corrected chi connectivity index (χ1v) is 7.02. The Morgan fingerprint density at radius 3 is 3.11 bits per heavy atom. The highest BCUT2D eigenvalue weighted by Gasteiger charge is 2.18. The maximum absolute atomic E-state index is 5.66. The maximum Gasteiger partial charge on any atom is 0.253 e. The van der Waals surface area contributed by atoms with Gasteiger partial charge in [-0.05, 0) is 25.5 Å². The first-order chi connectivity index (χ1) is 8.81. The normalized spacial score (nSPS) is 17.1. The first-order valence-electron chi connectivity index (χ1n) is 6.29. The van der Waals surface area contributed by atoms with Crippen LogP contribution in [-0.2, 0) is 0 Å². The van der Waals surface area contributed by atoms with E-state index in [2.05, 4.69) is 39.8 Å². The fraction of sp³-hybridized carbons (Fsp3) is 0.538. The summed E-state index contributed by atoms with van der Waals surface area (Å²) in [7, 11) is 2.12. The average molecular weight is 265 g/mol. The van der Waals surface area contributed by atoms with Crippen molar-refractivity contribution in [1.29, 1.82) is 0 Å². The van der Waals surface area contributed by atoms with E-state index in [1.165, 1.54) is 17.3 Å². The molecule has 1 aliphatic rings. The van der Waals surface area contributed by atoms with E-state index in [1.807, 2.05) is 6.08 Å². The Balaban J connectivity index is 2.03. The second kappa shape index (κ2) is 6.66. The summed E-state index contributed by atoms with van der Waals surface area (Å²) in [6.45, 7) is 4.70. The Morgan fingerprint density at radius 1 is 1.44 bits per heavy atom. The van der Waals surface area contributed by atoms with Gasteiger partial charge in [0.15, 0.2) is 0 Å². The molecular weight excluding hydrogens is 246 g/mol. The lowest BCUT2D eigenvalue weighted by atomic mass is 10.1. The average Bonchev–Trinajstić information content (AvgIpc) is 2.83. The molecule has 1 aromatic rings. The predicted molar refractivity (Wildman–Crippen MR) is 74.9 cm³/mol. The van der Waals surface area contributed by atoms with Crippen LogP contribution in [0.15, 0.2) is 18.2 Å². The lowest BCUT2D eigenvalue weighted by Gasteiger charge is -2.21. The SMILES string of the molecule is CCC=CCOc1nsnc1C1=CCCN(C)C1. The molecule has 0 aliphatic carbocycles. The van der Waals surface area contributed by atoms with E-state index >= 15 is 0 Å².